The summed E-state index contributed by atoms with van der Waals surface area (Å²) in [5, 5.41) is 10.4. The van der Waals surface area contributed by atoms with E-state index < -0.39 is 17.4 Å². The van der Waals surface area contributed by atoms with Gasteiger partial charge in [0.1, 0.15) is 0 Å². The molecule has 0 radical (unpaired) electrons. The van der Waals surface area contributed by atoms with Crippen LogP contribution in [0.3, 0.4) is 0 Å². The van der Waals surface area contributed by atoms with Crippen LogP contribution in [0.15, 0.2) is 24.5 Å². The highest BCUT2D eigenvalue weighted by molar-refractivity contribution is 5.72. The van der Waals surface area contributed by atoms with Crippen LogP contribution in [0.5, 0.6) is 0 Å². The van der Waals surface area contributed by atoms with Crippen LogP contribution in [-0.4, -0.2) is 33.9 Å². The van der Waals surface area contributed by atoms with Gasteiger partial charge in [0.05, 0.1) is 0 Å². The van der Waals surface area contributed by atoms with Crippen molar-refractivity contribution >= 4 is 6.09 Å². The summed E-state index contributed by atoms with van der Waals surface area (Å²) >= 11 is 0. The van der Waals surface area contributed by atoms with Gasteiger partial charge in [0.15, 0.2) is 11.3 Å². The van der Waals surface area contributed by atoms with Gasteiger partial charge in [0, 0.05) is 25.0 Å². The van der Waals surface area contributed by atoms with E-state index in [1.54, 1.807) is 38.4 Å². The van der Waals surface area contributed by atoms with Crippen LogP contribution in [0, 0.1) is 0 Å². The number of cyclic esters (lactones) is 1. The van der Waals surface area contributed by atoms with Gasteiger partial charge in [-0.15, -0.1) is 0 Å². The Bertz CT molecular complexity index is 418. The molecule has 0 bridgehead atoms. The maximum Gasteiger partial charge on any atom is 0.412 e. The zero-order chi connectivity index (χ0) is 12.0. The number of pyridine rings is 1. The lowest BCUT2D eigenvalue weighted by atomic mass is 9.87. The number of ether oxygens (including phenoxy) is 1. The predicted octanol–water partition coefficient (Wildman–Crippen LogP) is 1.09. The third-order valence-electron chi connectivity index (χ3n) is 3.33. The third kappa shape index (κ3) is 1.21. The first-order valence-electron chi connectivity index (χ1n) is 4.99. The summed E-state index contributed by atoms with van der Waals surface area (Å²) in [6.45, 7) is 3.22. The Labute approximate surface area is 93.7 Å². The number of hydrogen-bond acceptors (Lipinski definition) is 4. The molecule has 16 heavy (non-hydrogen) atoms. The van der Waals surface area contributed by atoms with Crippen molar-refractivity contribution in [3.63, 3.8) is 0 Å². The Balaban J connectivity index is 2.51. The van der Waals surface area contributed by atoms with Gasteiger partial charge >= 0.3 is 6.09 Å². The van der Waals surface area contributed by atoms with Gasteiger partial charge in [-0.1, -0.05) is 6.07 Å². The molecule has 2 atom stereocenters. The van der Waals surface area contributed by atoms with E-state index in [1.807, 2.05) is 0 Å². The second-order valence-corrected chi connectivity index (χ2v) is 4.22. The maximum absolute atomic E-state index is 11.5. The van der Waals surface area contributed by atoms with Crippen LogP contribution in [0.4, 0.5) is 4.79 Å². The summed E-state index contributed by atoms with van der Waals surface area (Å²) in [7, 11) is 1.50. The zero-order valence-corrected chi connectivity index (χ0v) is 9.47. The molecule has 86 valence electrons. The Morgan fingerprint density at radius 2 is 2.19 bits per heavy atom. The van der Waals surface area contributed by atoms with E-state index in [-0.39, 0.29) is 0 Å². The average molecular weight is 222 g/mol. The second-order valence-electron chi connectivity index (χ2n) is 4.22. The normalized spacial score (nSPS) is 34.0. The largest absolute Gasteiger partial charge is 0.433 e. The van der Waals surface area contributed by atoms with Crippen LogP contribution in [0.25, 0.3) is 0 Å². The monoisotopic (exact) mass is 222 g/mol. The van der Waals surface area contributed by atoms with Gasteiger partial charge in [-0.05, 0) is 19.9 Å². The van der Waals surface area contributed by atoms with Gasteiger partial charge in [-0.2, -0.15) is 0 Å². The molecule has 0 aromatic carbocycles. The van der Waals surface area contributed by atoms with E-state index in [2.05, 4.69) is 4.98 Å². The number of carbonyl (C=O) groups is 1. The van der Waals surface area contributed by atoms with Crippen LogP contribution in [-0.2, 0) is 10.3 Å². The van der Waals surface area contributed by atoms with Crippen LogP contribution < -0.4 is 0 Å². The quantitative estimate of drug-likeness (QED) is 0.772. The van der Waals surface area contributed by atoms with Crippen molar-refractivity contribution in [2.45, 2.75) is 25.2 Å². The molecule has 2 heterocycles. The Morgan fingerprint density at radius 1 is 1.50 bits per heavy atom. The third-order valence-corrected chi connectivity index (χ3v) is 3.33. The molecule has 1 aliphatic rings. The molecule has 0 saturated carbocycles. The number of likely N-dealkylation sites (N-methyl/N-ethyl adjacent to an activating group) is 1. The summed E-state index contributed by atoms with van der Waals surface area (Å²) < 4.78 is 5.26. The molecular weight excluding hydrogens is 208 g/mol. The van der Waals surface area contributed by atoms with Crippen molar-refractivity contribution in [3.05, 3.63) is 30.1 Å². The van der Waals surface area contributed by atoms with Gasteiger partial charge < -0.3 is 9.84 Å². The van der Waals surface area contributed by atoms with Crippen molar-refractivity contribution in [2.24, 2.45) is 0 Å². The standard InChI is InChI=1S/C11H14N2O3/c1-10(8-5-4-6-12-7-8)11(2,15)13(3)9(14)16-10/h4-7,15H,1-3H3/t10-,11-/m0/s1. The lowest BCUT2D eigenvalue weighted by molar-refractivity contribution is -0.135. The van der Waals surface area contributed by atoms with Gasteiger partial charge in [-0.3, -0.25) is 9.88 Å². The highest BCUT2D eigenvalue weighted by Crippen LogP contribution is 2.43. The number of aliphatic hydroxyl groups is 1. The van der Waals surface area contributed by atoms with Crippen molar-refractivity contribution in [1.29, 1.82) is 0 Å². The molecule has 0 aliphatic carbocycles. The van der Waals surface area contributed by atoms with Crippen molar-refractivity contribution in [2.75, 3.05) is 7.05 Å². The van der Waals surface area contributed by atoms with Gasteiger partial charge in [0.2, 0.25) is 0 Å². The Morgan fingerprint density at radius 3 is 2.62 bits per heavy atom. The maximum atomic E-state index is 11.5. The second kappa shape index (κ2) is 3.18. The molecular formula is C11H14N2O3. The molecule has 1 saturated heterocycles. The topological polar surface area (TPSA) is 62.7 Å². The highest BCUT2D eigenvalue weighted by atomic mass is 16.6. The van der Waals surface area contributed by atoms with E-state index in [9.17, 15) is 9.90 Å². The summed E-state index contributed by atoms with van der Waals surface area (Å²) in [5.74, 6) is 0. The van der Waals surface area contributed by atoms with Gasteiger partial charge in [0.25, 0.3) is 0 Å². The smallest absolute Gasteiger partial charge is 0.412 e. The number of rotatable bonds is 1. The Hall–Kier alpha value is -1.62. The minimum Gasteiger partial charge on any atom is -0.433 e. The number of nitrogens with zero attached hydrogens (tertiary/aromatic N) is 2. The van der Waals surface area contributed by atoms with E-state index in [4.69, 9.17) is 4.74 Å². The molecule has 0 unspecified atom stereocenters. The van der Waals surface area contributed by atoms with Crippen molar-refractivity contribution in [3.8, 4) is 0 Å². The molecule has 5 heteroatoms. The van der Waals surface area contributed by atoms with E-state index in [1.165, 1.54) is 11.9 Å². The lowest BCUT2D eigenvalue weighted by Gasteiger charge is -2.35. The molecule has 1 N–H and O–H groups in total. The number of aromatic nitrogens is 1. The van der Waals surface area contributed by atoms with Crippen LogP contribution in [0.2, 0.25) is 0 Å². The zero-order valence-electron chi connectivity index (χ0n) is 9.47. The van der Waals surface area contributed by atoms with E-state index >= 15 is 0 Å². The van der Waals surface area contributed by atoms with Crippen LogP contribution >= 0.6 is 0 Å². The van der Waals surface area contributed by atoms with Crippen molar-refractivity contribution in [1.82, 2.24) is 9.88 Å². The average Bonchev–Trinajstić information content (AvgIpc) is 2.42. The molecule has 5 nitrogen and oxygen atoms in total. The molecule has 0 spiro atoms. The molecule has 1 aromatic rings. The van der Waals surface area contributed by atoms with Gasteiger partial charge in [-0.25, -0.2) is 4.79 Å². The van der Waals surface area contributed by atoms with E-state index in [0.29, 0.717) is 5.56 Å². The lowest BCUT2D eigenvalue weighted by Crippen LogP contribution is -2.51. The predicted molar refractivity (Wildman–Crippen MR) is 56.5 cm³/mol. The fraction of sp³-hybridized carbons (Fsp3) is 0.455. The summed E-state index contributed by atoms with van der Waals surface area (Å²) in [4.78, 5) is 16.7. The van der Waals surface area contributed by atoms with E-state index in [0.717, 1.165) is 0 Å². The molecule has 1 amide bonds. The number of hydrogen-bond donors (Lipinski definition) is 1. The highest BCUT2D eigenvalue weighted by Gasteiger charge is 2.59. The summed E-state index contributed by atoms with van der Waals surface area (Å²) in [6, 6.07) is 3.51. The Kier molecular flexibility index (Phi) is 2.17. The number of amides is 1. The summed E-state index contributed by atoms with van der Waals surface area (Å²) in [5.41, 5.74) is -1.84. The first kappa shape index (κ1) is 10.9. The molecule has 2 rings (SSSR count). The molecule has 1 aliphatic heterocycles. The minimum atomic E-state index is -1.40. The first-order chi connectivity index (χ1) is 7.39. The first-order valence-corrected chi connectivity index (χ1v) is 4.99. The SMILES string of the molecule is CN1C(=O)O[C@@](C)(c2cccnc2)[C@]1(C)O. The minimum absolute atomic E-state index is 0.545. The molecule has 1 fully saturated rings. The van der Waals surface area contributed by atoms with Crippen molar-refractivity contribution < 1.29 is 14.6 Å². The fourth-order valence-electron chi connectivity index (χ4n) is 1.81. The summed E-state index contributed by atoms with van der Waals surface area (Å²) in [6.07, 6.45) is 2.67. The number of carbonyl (C=O) groups excluding carboxylic acids is 1. The molecule has 1 aromatic heterocycles. The fourth-order valence-corrected chi connectivity index (χ4v) is 1.81. The van der Waals surface area contributed by atoms with Crippen LogP contribution in [0.1, 0.15) is 19.4 Å².